The quantitative estimate of drug-likeness (QED) is 0.768. The van der Waals surface area contributed by atoms with Gasteiger partial charge in [-0.2, -0.15) is 0 Å². The molecule has 0 saturated heterocycles. The molecule has 2 aromatic rings. The maximum absolute atomic E-state index is 12.9. The molecule has 1 amide bonds. The summed E-state index contributed by atoms with van der Waals surface area (Å²) in [4.78, 5) is 26.1. The lowest BCUT2D eigenvalue weighted by atomic mass is 10.1. The highest BCUT2D eigenvalue weighted by Gasteiger charge is 2.36. The SMILES string of the molecule is COC(=O)C[C@@H]1Oc2ccccc2N(Cc2nncn2C(C)C)C1=O. The van der Waals surface area contributed by atoms with E-state index in [-0.39, 0.29) is 24.9 Å². The van der Waals surface area contributed by atoms with Gasteiger partial charge in [0.1, 0.15) is 12.1 Å². The van der Waals surface area contributed by atoms with E-state index < -0.39 is 12.1 Å². The van der Waals surface area contributed by atoms with Crippen LogP contribution in [0.2, 0.25) is 0 Å². The number of fused-ring (bicyclic) bond motifs is 1. The number of ether oxygens (including phenoxy) is 2. The Morgan fingerprint density at radius 2 is 2.12 bits per heavy atom. The summed E-state index contributed by atoms with van der Waals surface area (Å²) in [5.74, 6) is 0.411. The first kappa shape index (κ1) is 16.9. The van der Waals surface area contributed by atoms with Gasteiger partial charge in [0.2, 0.25) is 0 Å². The Labute approximate surface area is 145 Å². The zero-order valence-corrected chi connectivity index (χ0v) is 14.4. The number of amides is 1. The summed E-state index contributed by atoms with van der Waals surface area (Å²) in [7, 11) is 1.28. The molecule has 1 aliphatic rings. The molecule has 0 fully saturated rings. The number of benzene rings is 1. The summed E-state index contributed by atoms with van der Waals surface area (Å²) in [6, 6.07) is 7.39. The van der Waals surface area contributed by atoms with Gasteiger partial charge in [0.25, 0.3) is 5.91 Å². The normalized spacial score (nSPS) is 16.6. The van der Waals surface area contributed by atoms with Crippen LogP contribution < -0.4 is 9.64 Å². The first-order valence-electron chi connectivity index (χ1n) is 8.03. The fraction of sp³-hybridized carbons (Fsp3) is 0.412. The maximum atomic E-state index is 12.9. The van der Waals surface area contributed by atoms with Gasteiger partial charge in [-0.1, -0.05) is 12.1 Å². The van der Waals surface area contributed by atoms with E-state index in [1.54, 1.807) is 23.4 Å². The fourth-order valence-corrected chi connectivity index (χ4v) is 2.76. The van der Waals surface area contributed by atoms with E-state index in [9.17, 15) is 9.59 Å². The minimum absolute atomic E-state index is 0.142. The molecular weight excluding hydrogens is 324 g/mol. The zero-order chi connectivity index (χ0) is 18.0. The second-order valence-electron chi connectivity index (χ2n) is 6.03. The number of nitrogens with zero attached hydrogens (tertiary/aromatic N) is 4. The molecule has 0 aliphatic carbocycles. The number of carbonyl (C=O) groups excluding carboxylic acids is 2. The standard InChI is InChI=1S/C17H20N4O4/c1-11(2)21-10-18-19-15(21)9-20-12-6-4-5-7-13(12)25-14(17(20)23)8-16(22)24-3/h4-7,10-11,14H,8-9H2,1-3H3/t14-/m0/s1. The molecule has 0 spiro atoms. The molecule has 0 saturated carbocycles. The van der Waals surface area contributed by atoms with Crippen molar-refractivity contribution in [2.75, 3.05) is 12.0 Å². The van der Waals surface area contributed by atoms with E-state index in [0.717, 1.165) is 0 Å². The van der Waals surface area contributed by atoms with Crippen LogP contribution in [0.4, 0.5) is 5.69 Å². The number of aromatic nitrogens is 3. The molecule has 0 radical (unpaired) electrons. The van der Waals surface area contributed by atoms with Gasteiger partial charge < -0.3 is 14.0 Å². The van der Waals surface area contributed by atoms with Crippen LogP contribution in [0.3, 0.4) is 0 Å². The van der Waals surface area contributed by atoms with Crippen molar-refractivity contribution in [2.24, 2.45) is 0 Å². The Kier molecular flexibility index (Phi) is 4.69. The van der Waals surface area contributed by atoms with Crippen molar-refractivity contribution in [2.45, 2.75) is 39.0 Å². The Hall–Kier alpha value is -2.90. The Bertz CT molecular complexity index is 786. The Morgan fingerprint density at radius 1 is 1.36 bits per heavy atom. The summed E-state index contributed by atoms with van der Waals surface area (Å²) in [5.41, 5.74) is 0.645. The lowest BCUT2D eigenvalue weighted by Gasteiger charge is -2.33. The molecule has 25 heavy (non-hydrogen) atoms. The van der Waals surface area contributed by atoms with E-state index in [2.05, 4.69) is 14.9 Å². The van der Waals surface area contributed by atoms with Crippen LogP contribution in [0.25, 0.3) is 0 Å². The molecule has 1 aliphatic heterocycles. The van der Waals surface area contributed by atoms with Gasteiger partial charge in [0, 0.05) is 6.04 Å². The largest absolute Gasteiger partial charge is 0.478 e. The minimum atomic E-state index is -0.919. The van der Waals surface area contributed by atoms with Crippen molar-refractivity contribution in [3.8, 4) is 5.75 Å². The van der Waals surface area contributed by atoms with Crippen molar-refractivity contribution in [1.82, 2.24) is 14.8 Å². The van der Waals surface area contributed by atoms with Crippen LogP contribution >= 0.6 is 0 Å². The third kappa shape index (κ3) is 3.33. The van der Waals surface area contributed by atoms with Gasteiger partial charge in [-0.15, -0.1) is 10.2 Å². The van der Waals surface area contributed by atoms with E-state index in [0.29, 0.717) is 17.3 Å². The number of para-hydroxylation sites is 2. The average molecular weight is 344 g/mol. The van der Waals surface area contributed by atoms with Gasteiger partial charge in [0.05, 0.1) is 25.8 Å². The average Bonchev–Trinajstić information content (AvgIpc) is 3.07. The third-order valence-corrected chi connectivity index (χ3v) is 4.05. The van der Waals surface area contributed by atoms with E-state index in [1.807, 2.05) is 30.5 Å². The number of hydrogen-bond acceptors (Lipinski definition) is 6. The molecule has 1 aromatic heterocycles. The number of esters is 1. The molecule has 0 N–H and O–H groups in total. The van der Waals surface area contributed by atoms with E-state index in [4.69, 9.17) is 4.74 Å². The molecule has 1 aromatic carbocycles. The molecule has 3 rings (SSSR count). The third-order valence-electron chi connectivity index (χ3n) is 4.05. The molecule has 1 atom stereocenters. The lowest BCUT2D eigenvalue weighted by molar-refractivity contribution is -0.145. The van der Waals surface area contributed by atoms with Crippen LogP contribution in [0, 0.1) is 0 Å². The van der Waals surface area contributed by atoms with Gasteiger partial charge in [-0.05, 0) is 26.0 Å². The van der Waals surface area contributed by atoms with Gasteiger partial charge in [-0.3, -0.25) is 14.5 Å². The number of anilines is 1. The first-order chi connectivity index (χ1) is 12.0. The summed E-state index contributed by atoms with van der Waals surface area (Å²) in [5, 5.41) is 8.07. The summed E-state index contributed by atoms with van der Waals surface area (Å²) >= 11 is 0. The monoisotopic (exact) mass is 344 g/mol. The predicted octanol–water partition coefficient (Wildman–Crippen LogP) is 1.72. The van der Waals surface area contributed by atoms with Gasteiger partial charge >= 0.3 is 5.97 Å². The number of carbonyl (C=O) groups is 2. The Morgan fingerprint density at radius 3 is 2.84 bits per heavy atom. The smallest absolute Gasteiger partial charge is 0.309 e. The second-order valence-corrected chi connectivity index (χ2v) is 6.03. The molecule has 2 heterocycles. The molecular formula is C17H20N4O4. The second kappa shape index (κ2) is 6.92. The van der Waals surface area contributed by atoms with Crippen LogP contribution in [0.1, 0.15) is 32.1 Å². The van der Waals surface area contributed by atoms with Crippen LogP contribution in [-0.2, 0) is 20.9 Å². The molecule has 0 bridgehead atoms. The molecule has 8 nitrogen and oxygen atoms in total. The van der Waals surface area contributed by atoms with Crippen molar-refractivity contribution < 1.29 is 19.1 Å². The zero-order valence-electron chi connectivity index (χ0n) is 14.4. The van der Waals surface area contributed by atoms with Crippen molar-refractivity contribution >= 4 is 17.6 Å². The first-order valence-corrected chi connectivity index (χ1v) is 8.03. The lowest BCUT2D eigenvalue weighted by Crippen LogP contribution is -2.47. The van der Waals surface area contributed by atoms with E-state index >= 15 is 0 Å². The summed E-state index contributed by atoms with van der Waals surface area (Å²) < 4.78 is 12.3. The van der Waals surface area contributed by atoms with Crippen LogP contribution in [0.5, 0.6) is 5.75 Å². The van der Waals surface area contributed by atoms with Crippen LogP contribution in [-0.4, -0.2) is 39.9 Å². The molecule has 0 unspecified atom stereocenters. The predicted molar refractivity (Wildman–Crippen MR) is 89.1 cm³/mol. The van der Waals surface area contributed by atoms with Crippen LogP contribution in [0.15, 0.2) is 30.6 Å². The minimum Gasteiger partial charge on any atom is -0.478 e. The topological polar surface area (TPSA) is 86.6 Å². The Balaban J connectivity index is 1.93. The number of hydrogen-bond donors (Lipinski definition) is 0. The summed E-state index contributed by atoms with van der Waals surface area (Å²) in [6.45, 7) is 4.28. The van der Waals surface area contributed by atoms with Crippen molar-refractivity contribution in [3.05, 3.63) is 36.4 Å². The molecule has 132 valence electrons. The maximum Gasteiger partial charge on any atom is 0.309 e. The number of methoxy groups -OCH3 is 1. The summed E-state index contributed by atoms with van der Waals surface area (Å²) in [6.07, 6.45) is 0.581. The van der Waals surface area contributed by atoms with Crippen molar-refractivity contribution in [1.29, 1.82) is 0 Å². The molecule has 8 heteroatoms. The highest BCUT2D eigenvalue weighted by molar-refractivity contribution is 6.01. The van der Waals surface area contributed by atoms with Gasteiger partial charge in [0.15, 0.2) is 11.9 Å². The fourth-order valence-electron chi connectivity index (χ4n) is 2.76. The number of rotatable bonds is 5. The highest BCUT2D eigenvalue weighted by Crippen LogP contribution is 2.35. The van der Waals surface area contributed by atoms with Gasteiger partial charge in [-0.25, -0.2) is 0 Å². The highest BCUT2D eigenvalue weighted by atomic mass is 16.5. The van der Waals surface area contributed by atoms with E-state index in [1.165, 1.54) is 7.11 Å². The van der Waals surface area contributed by atoms with Crippen molar-refractivity contribution in [3.63, 3.8) is 0 Å².